The molecule has 0 bridgehead atoms. The van der Waals surface area contributed by atoms with Gasteiger partial charge in [-0.1, -0.05) is 17.7 Å². The van der Waals surface area contributed by atoms with Crippen molar-refractivity contribution < 1.29 is 18.7 Å². The van der Waals surface area contributed by atoms with E-state index < -0.39 is 5.82 Å². The number of hydrazone groups is 1. The third-order valence-electron chi connectivity index (χ3n) is 4.69. The number of hydrogen-bond acceptors (Lipinski definition) is 5. The summed E-state index contributed by atoms with van der Waals surface area (Å²) < 4.78 is 27.9. The van der Waals surface area contributed by atoms with Gasteiger partial charge in [0, 0.05) is 5.56 Å². The van der Waals surface area contributed by atoms with Crippen molar-refractivity contribution in [3.8, 4) is 11.5 Å². The van der Waals surface area contributed by atoms with E-state index in [0.29, 0.717) is 28.7 Å². The maximum Gasteiger partial charge on any atom is 0.261 e. The van der Waals surface area contributed by atoms with Crippen molar-refractivity contribution >= 4 is 39.7 Å². The second kappa shape index (κ2) is 11.3. The molecule has 0 fully saturated rings. The molecule has 7 nitrogen and oxygen atoms in total. The zero-order valence-corrected chi connectivity index (χ0v) is 20.7. The van der Waals surface area contributed by atoms with E-state index in [1.165, 1.54) is 18.3 Å². The van der Waals surface area contributed by atoms with Crippen LogP contribution in [0.1, 0.15) is 29.4 Å². The Bertz CT molecular complexity index is 1160. The summed E-state index contributed by atoms with van der Waals surface area (Å²) in [6, 6.07) is 9.63. The number of ether oxygens (including phenoxy) is 2. The van der Waals surface area contributed by atoms with Gasteiger partial charge in [-0.2, -0.15) is 10.2 Å². The summed E-state index contributed by atoms with van der Waals surface area (Å²) in [5.74, 6) is 0.157. The lowest BCUT2D eigenvalue weighted by molar-refractivity contribution is -0.121. The maximum absolute atomic E-state index is 14.0. The lowest BCUT2D eigenvalue weighted by Crippen LogP contribution is -2.24. The number of nitrogens with zero attached hydrogens (tertiary/aromatic N) is 3. The fraction of sp³-hybridized carbons (Fsp3) is 0.261. The minimum atomic E-state index is -0.437. The van der Waals surface area contributed by atoms with Gasteiger partial charge < -0.3 is 9.47 Å². The third kappa shape index (κ3) is 6.33. The highest BCUT2D eigenvalue weighted by atomic mass is 79.9. The molecular weight excluding hydrogens is 515 g/mol. The van der Waals surface area contributed by atoms with E-state index >= 15 is 0 Å². The van der Waals surface area contributed by atoms with Crippen LogP contribution in [0.2, 0.25) is 5.02 Å². The molecule has 3 aromatic rings. The highest BCUT2D eigenvalue weighted by Crippen LogP contribution is 2.30. The van der Waals surface area contributed by atoms with Gasteiger partial charge >= 0.3 is 0 Å². The van der Waals surface area contributed by atoms with Crippen LogP contribution in [0.4, 0.5) is 4.39 Å². The Hall–Kier alpha value is -2.91. The van der Waals surface area contributed by atoms with E-state index in [0.717, 1.165) is 15.9 Å². The summed E-state index contributed by atoms with van der Waals surface area (Å²) in [4.78, 5) is 12.2. The molecule has 0 atom stereocenters. The van der Waals surface area contributed by atoms with Gasteiger partial charge in [-0.15, -0.1) is 0 Å². The van der Waals surface area contributed by atoms with Crippen LogP contribution in [-0.4, -0.2) is 28.5 Å². The normalized spacial score (nSPS) is 11.1. The minimum Gasteiger partial charge on any atom is -0.490 e. The molecule has 0 saturated carbocycles. The van der Waals surface area contributed by atoms with Gasteiger partial charge in [0.05, 0.1) is 33.7 Å². The lowest BCUT2D eigenvalue weighted by atomic mass is 10.2. The number of aryl methyl sites for hydroxylation is 1. The molecule has 2 aromatic carbocycles. The number of rotatable bonds is 9. The molecule has 0 aliphatic heterocycles. The molecule has 1 N–H and O–H groups in total. The van der Waals surface area contributed by atoms with Crippen molar-refractivity contribution in [2.45, 2.75) is 33.9 Å². The van der Waals surface area contributed by atoms with E-state index in [-0.39, 0.29) is 24.6 Å². The quantitative estimate of drug-likeness (QED) is 0.301. The summed E-state index contributed by atoms with van der Waals surface area (Å²) >= 11 is 9.50. The van der Waals surface area contributed by atoms with Crippen LogP contribution in [0.5, 0.6) is 11.5 Å². The summed E-state index contributed by atoms with van der Waals surface area (Å²) in [5.41, 5.74) is 5.11. The molecule has 10 heteroatoms. The van der Waals surface area contributed by atoms with E-state index in [2.05, 4.69) is 31.6 Å². The highest BCUT2D eigenvalue weighted by molar-refractivity contribution is 9.10. The number of benzene rings is 2. The van der Waals surface area contributed by atoms with E-state index in [4.69, 9.17) is 21.1 Å². The predicted octanol–water partition coefficient (Wildman–Crippen LogP) is 5.18. The van der Waals surface area contributed by atoms with Gasteiger partial charge in [-0.25, -0.2) is 9.82 Å². The molecule has 0 unspecified atom stereocenters. The molecule has 0 aliphatic rings. The van der Waals surface area contributed by atoms with Crippen LogP contribution in [0.15, 0.2) is 46.0 Å². The topological polar surface area (TPSA) is 77.7 Å². The molecule has 3 rings (SSSR count). The number of hydrogen-bond donors (Lipinski definition) is 1. The Balaban J connectivity index is 1.64. The monoisotopic (exact) mass is 536 g/mol. The highest BCUT2D eigenvalue weighted by Gasteiger charge is 2.12. The molecule has 0 saturated heterocycles. The summed E-state index contributed by atoms with van der Waals surface area (Å²) in [6.07, 6.45) is 1.50. The molecule has 174 valence electrons. The van der Waals surface area contributed by atoms with Gasteiger partial charge in [0.1, 0.15) is 19.0 Å². The second-order valence-electron chi connectivity index (χ2n) is 7.06. The van der Waals surface area contributed by atoms with Gasteiger partial charge in [0.15, 0.2) is 11.5 Å². The van der Waals surface area contributed by atoms with Gasteiger partial charge in [0.2, 0.25) is 0 Å². The molecule has 0 aliphatic carbocycles. The van der Waals surface area contributed by atoms with Crippen molar-refractivity contribution in [3.05, 3.63) is 74.2 Å². The molecule has 0 radical (unpaired) electrons. The number of amides is 1. The third-order valence-corrected chi connectivity index (χ3v) is 6.19. The van der Waals surface area contributed by atoms with Crippen LogP contribution in [0, 0.1) is 19.7 Å². The fourth-order valence-electron chi connectivity index (χ4n) is 2.99. The van der Waals surface area contributed by atoms with E-state index in [1.54, 1.807) is 28.9 Å². The van der Waals surface area contributed by atoms with Crippen molar-refractivity contribution in [2.75, 3.05) is 6.61 Å². The summed E-state index contributed by atoms with van der Waals surface area (Å²) in [7, 11) is 0. The van der Waals surface area contributed by atoms with Crippen LogP contribution >= 0.6 is 27.5 Å². The standard InChI is InChI=1S/C23H23BrClFN4O3/c1-4-32-21-10-16(8-9-20(21)33-13-17-18(25)6-5-7-19(17)26)11-27-28-22(31)12-30-15(3)23(24)14(2)29-30/h5-11H,4,12-13H2,1-3H3,(H,28,31)/b27-11+. The Kier molecular flexibility index (Phi) is 8.46. The fourth-order valence-corrected chi connectivity index (χ4v) is 3.49. The predicted molar refractivity (Wildman–Crippen MR) is 128 cm³/mol. The van der Waals surface area contributed by atoms with Crippen molar-refractivity contribution in [1.29, 1.82) is 0 Å². The first-order chi connectivity index (χ1) is 15.8. The van der Waals surface area contributed by atoms with Crippen molar-refractivity contribution in [3.63, 3.8) is 0 Å². The number of carbonyl (C=O) groups excluding carboxylic acids is 1. The molecular formula is C23H23BrClFN4O3. The Morgan fingerprint density at radius 2 is 2.06 bits per heavy atom. The molecule has 1 aromatic heterocycles. The average Bonchev–Trinajstić information content (AvgIpc) is 3.01. The molecule has 33 heavy (non-hydrogen) atoms. The van der Waals surface area contributed by atoms with E-state index in [9.17, 15) is 9.18 Å². The van der Waals surface area contributed by atoms with Crippen LogP contribution in [0.25, 0.3) is 0 Å². The van der Waals surface area contributed by atoms with Gasteiger partial charge in [0.25, 0.3) is 5.91 Å². The zero-order chi connectivity index (χ0) is 24.0. The first-order valence-corrected chi connectivity index (χ1v) is 11.3. The second-order valence-corrected chi connectivity index (χ2v) is 8.26. The smallest absolute Gasteiger partial charge is 0.261 e. The SMILES string of the molecule is CCOc1cc(/C=N/NC(=O)Cn2nc(C)c(Br)c2C)ccc1OCc1c(F)cccc1Cl. The lowest BCUT2D eigenvalue weighted by Gasteiger charge is -2.13. The van der Waals surface area contributed by atoms with Crippen molar-refractivity contribution in [1.82, 2.24) is 15.2 Å². The summed E-state index contributed by atoms with van der Waals surface area (Å²) in [6.45, 7) is 5.99. The Labute approximate surface area is 204 Å². The Morgan fingerprint density at radius 3 is 2.73 bits per heavy atom. The maximum atomic E-state index is 14.0. The van der Waals surface area contributed by atoms with Gasteiger partial charge in [-0.3, -0.25) is 9.48 Å². The van der Waals surface area contributed by atoms with Crippen molar-refractivity contribution in [2.24, 2.45) is 5.10 Å². The van der Waals surface area contributed by atoms with Crippen LogP contribution in [-0.2, 0) is 17.9 Å². The largest absolute Gasteiger partial charge is 0.490 e. The Morgan fingerprint density at radius 1 is 1.27 bits per heavy atom. The average molecular weight is 538 g/mol. The number of aromatic nitrogens is 2. The van der Waals surface area contributed by atoms with Crippen LogP contribution in [0.3, 0.4) is 0 Å². The number of carbonyl (C=O) groups is 1. The number of halogens is 3. The van der Waals surface area contributed by atoms with Gasteiger partial charge in [-0.05, 0) is 72.6 Å². The summed E-state index contributed by atoms with van der Waals surface area (Å²) in [5, 5.41) is 8.60. The molecule has 0 spiro atoms. The van der Waals surface area contributed by atoms with E-state index in [1.807, 2.05) is 20.8 Å². The number of nitrogens with one attached hydrogen (secondary N) is 1. The zero-order valence-electron chi connectivity index (χ0n) is 18.4. The minimum absolute atomic E-state index is 0.0441. The first-order valence-electron chi connectivity index (χ1n) is 10.1. The van der Waals surface area contributed by atoms with Crippen LogP contribution < -0.4 is 14.9 Å². The first kappa shape index (κ1) is 24.7. The molecule has 1 heterocycles. The molecule has 1 amide bonds.